The van der Waals surface area contributed by atoms with Gasteiger partial charge in [-0.15, -0.1) is 0 Å². The minimum atomic E-state index is -0.240. The van der Waals surface area contributed by atoms with Gasteiger partial charge in [0.25, 0.3) is 0 Å². The molecule has 0 fully saturated rings. The molecule has 22 heavy (non-hydrogen) atoms. The fourth-order valence-electron chi connectivity index (χ4n) is 1.92. The molecule has 0 aliphatic carbocycles. The van der Waals surface area contributed by atoms with Crippen LogP contribution in [0.15, 0.2) is 29.0 Å². The van der Waals surface area contributed by atoms with Crippen molar-refractivity contribution in [2.24, 2.45) is 0 Å². The van der Waals surface area contributed by atoms with Crippen LogP contribution in [0.25, 0.3) is 11.4 Å². The highest BCUT2D eigenvalue weighted by Crippen LogP contribution is 2.14. The number of nitrogens with zero attached hydrogens (tertiary/aromatic N) is 4. The predicted molar refractivity (Wildman–Crippen MR) is 81.8 cm³/mol. The second kappa shape index (κ2) is 6.65. The molecule has 2 aromatic heterocycles. The van der Waals surface area contributed by atoms with Crippen molar-refractivity contribution in [1.29, 1.82) is 0 Å². The first-order valence-corrected chi connectivity index (χ1v) is 7.06. The van der Waals surface area contributed by atoms with Gasteiger partial charge in [-0.2, -0.15) is 4.98 Å². The van der Waals surface area contributed by atoms with Crippen LogP contribution in [0.2, 0.25) is 0 Å². The molecule has 1 amide bonds. The number of rotatable bonds is 5. The molecule has 0 aromatic carbocycles. The first-order valence-electron chi connectivity index (χ1n) is 7.06. The van der Waals surface area contributed by atoms with E-state index in [1.807, 2.05) is 44.9 Å². The van der Waals surface area contributed by atoms with E-state index < -0.39 is 0 Å². The highest BCUT2D eigenvalue weighted by Gasteiger charge is 2.17. The molecule has 0 bridgehead atoms. The van der Waals surface area contributed by atoms with Gasteiger partial charge in [-0.1, -0.05) is 5.16 Å². The lowest BCUT2D eigenvalue weighted by Gasteiger charge is -2.22. The number of hydrogen-bond donors (Lipinski definition) is 1. The second-order valence-electron chi connectivity index (χ2n) is 6.22. The minimum Gasteiger partial charge on any atom is -0.350 e. The van der Waals surface area contributed by atoms with Crippen LogP contribution < -0.4 is 5.32 Å². The third-order valence-corrected chi connectivity index (χ3v) is 2.72. The number of carbonyl (C=O) groups is 1. The molecule has 2 rings (SSSR count). The average molecular weight is 303 g/mol. The normalized spacial score (nSPS) is 11.7. The Morgan fingerprint density at radius 1 is 1.41 bits per heavy atom. The van der Waals surface area contributed by atoms with Crippen LogP contribution in [0.1, 0.15) is 26.7 Å². The third kappa shape index (κ3) is 4.92. The Hall–Kier alpha value is -2.28. The Kier molecular flexibility index (Phi) is 4.87. The Bertz CT molecular complexity index is 618. The van der Waals surface area contributed by atoms with Gasteiger partial charge >= 0.3 is 0 Å². The Morgan fingerprint density at radius 2 is 2.18 bits per heavy atom. The summed E-state index contributed by atoms with van der Waals surface area (Å²) < 4.78 is 5.21. The zero-order chi connectivity index (χ0) is 16.2. The minimum absolute atomic E-state index is 0.0398. The molecular formula is C15H21N5O2. The summed E-state index contributed by atoms with van der Waals surface area (Å²) in [5.41, 5.74) is 0.557. The summed E-state index contributed by atoms with van der Waals surface area (Å²) in [7, 11) is 1.83. The smallest absolute Gasteiger partial charge is 0.241 e. The summed E-state index contributed by atoms with van der Waals surface area (Å²) in [4.78, 5) is 22.0. The summed E-state index contributed by atoms with van der Waals surface area (Å²) in [6.45, 7) is 6.52. The molecule has 0 aliphatic heterocycles. The second-order valence-corrected chi connectivity index (χ2v) is 6.22. The fraction of sp³-hybridized carbons (Fsp3) is 0.467. The van der Waals surface area contributed by atoms with Gasteiger partial charge in [-0.05, 0) is 40.0 Å². The third-order valence-electron chi connectivity index (χ3n) is 2.72. The monoisotopic (exact) mass is 303 g/mol. The van der Waals surface area contributed by atoms with Crippen molar-refractivity contribution in [2.75, 3.05) is 13.6 Å². The molecule has 2 heterocycles. The lowest BCUT2D eigenvalue weighted by atomic mass is 10.1. The van der Waals surface area contributed by atoms with Gasteiger partial charge in [0.2, 0.25) is 17.6 Å². The topological polar surface area (TPSA) is 84.2 Å². The fourth-order valence-corrected chi connectivity index (χ4v) is 1.92. The van der Waals surface area contributed by atoms with Gasteiger partial charge in [0.05, 0.1) is 13.1 Å². The zero-order valence-corrected chi connectivity index (χ0v) is 13.3. The molecule has 7 heteroatoms. The van der Waals surface area contributed by atoms with Crippen molar-refractivity contribution in [1.82, 2.24) is 25.3 Å². The highest BCUT2D eigenvalue weighted by atomic mass is 16.5. The van der Waals surface area contributed by atoms with E-state index in [-0.39, 0.29) is 18.0 Å². The van der Waals surface area contributed by atoms with E-state index in [9.17, 15) is 4.79 Å². The molecule has 0 atom stereocenters. The van der Waals surface area contributed by atoms with E-state index >= 15 is 0 Å². The molecule has 0 unspecified atom stereocenters. The Morgan fingerprint density at radius 3 is 2.82 bits per heavy atom. The van der Waals surface area contributed by atoms with Gasteiger partial charge in [0, 0.05) is 23.5 Å². The molecule has 0 spiro atoms. The highest BCUT2D eigenvalue weighted by molar-refractivity contribution is 5.78. The number of nitrogens with one attached hydrogen (secondary N) is 1. The molecule has 2 aromatic rings. The summed E-state index contributed by atoms with van der Waals surface area (Å²) in [6, 6.07) is 3.68. The van der Waals surface area contributed by atoms with Crippen LogP contribution in [-0.2, 0) is 11.3 Å². The molecule has 0 saturated heterocycles. The van der Waals surface area contributed by atoms with Gasteiger partial charge in [-0.25, -0.2) is 0 Å². The number of likely N-dealkylation sites (N-methyl/N-ethyl adjacent to an activating group) is 1. The first-order chi connectivity index (χ1) is 10.3. The molecule has 118 valence electrons. The van der Waals surface area contributed by atoms with E-state index in [4.69, 9.17) is 4.52 Å². The van der Waals surface area contributed by atoms with Gasteiger partial charge in [-0.3, -0.25) is 14.7 Å². The van der Waals surface area contributed by atoms with Crippen molar-refractivity contribution >= 4 is 5.91 Å². The van der Waals surface area contributed by atoms with Crippen molar-refractivity contribution in [3.63, 3.8) is 0 Å². The predicted octanol–water partition coefficient (Wildman–Crippen LogP) is 1.48. The lowest BCUT2D eigenvalue weighted by molar-refractivity contribution is -0.123. The maximum absolute atomic E-state index is 11.9. The van der Waals surface area contributed by atoms with Crippen LogP contribution in [0.3, 0.4) is 0 Å². The molecular weight excluding hydrogens is 282 g/mol. The van der Waals surface area contributed by atoms with Crippen LogP contribution in [0, 0.1) is 0 Å². The largest absolute Gasteiger partial charge is 0.350 e. The molecule has 7 nitrogen and oxygen atoms in total. The van der Waals surface area contributed by atoms with E-state index in [0.29, 0.717) is 18.3 Å². The maximum atomic E-state index is 11.9. The van der Waals surface area contributed by atoms with Gasteiger partial charge in [0.1, 0.15) is 0 Å². The quantitative estimate of drug-likeness (QED) is 0.900. The molecule has 1 N–H and O–H groups in total. The van der Waals surface area contributed by atoms with E-state index in [0.717, 1.165) is 5.56 Å². The number of carbonyl (C=O) groups excluding carboxylic acids is 1. The van der Waals surface area contributed by atoms with Gasteiger partial charge in [0.15, 0.2) is 0 Å². The van der Waals surface area contributed by atoms with E-state index in [1.165, 1.54) is 0 Å². The van der Waals surface area contributed by atoms with Crippen molar-refractivity contribution in [3.05, 3.63) is 30.4 Å². The van der Waals surface area contributed by atoms with Crippen LogP contribution in [-0.4, -0.2) is 45.1 Å². The van der Waals surface area contributed by atoms with Gasteiger partial charge < -0.3 is 9.84 Å². The van der Waals surface area contributed by atoms with Crippen molar-refractivity contribution in [2.45, 2.75) is 32.9 Å². The molecule has 0 aliphatic rings. The van der Waals surface area contributed by atoms with E-state index in [2.05, 4.69) is 20.4 Å². The van der Waals surface area contributed by atoms with Crippen LogP contribution in [0.4, 0.5) is 0 Å². The molecule has 0 saturated carbocycles. The average Bonchev–Trinajstić information content (AvgIpc) is 2.85. The van der Waals surface area contributed by atoms with Crippen molar-refractivity contribution < 1.29 is 9.32 Å². The zero-order valence-electron chi connectivity index (χ0n) is 13.3. The summed E-state index contributed by atoms with van der Waals surface area (Å²) in [5, 5.41) is 6.84. The summed E-state index contributed by atoms with van der Waals surface area (Å²) >= 11 is 0. The van der Waals surface area contributed by atoms with Crippen LogP contribution in [0.5, 0.6) is 0 Å². The number of hydrogen-bond acceptors (Lipinski definition) is 6. The number of amides is 1. The standard InChI is InChI=1S/C15H21N5O2/c1-15(2,3)18-12(21)9-20(4)10-13-17-14(19-22-13)11-6-5-7-16-8-11/h5-8H,9-10H2,1-4H3,(H,18,21). The lowest BCUT2D eigenvalue weighted by Crippen LogP contribution is -2.45. The Labute approximate surface area is 129 Å². The summed E-state index contributed by atoms with van der Waals surface area (Å²) in [6.07, 6.45) is 3.36. The number of pyridine rings is 1. The first kappa shape index (κ1) is 16.1. The Balaban J connectivity index is 1.91. The van der Waals surface area contributed by atoms with Crippen molar-refractivity contribution in [3.8, 4) is 11.4 Å². The number of aromatic nitrogens is 3. The van der Waals surface area contributed by atoms with Crippen LogP contribution >= 0.6 is 0 Å². The summed E-state index contributed by atoms with van der Waals surface area (Å²) in [5.74, 6) is 0.919. The SMILES string of the molecule is CN(CC(=O)NC(C)(C)C)Cc1nc(-c2cccnc2)no1. The molecule has 0 radical (unpaired) electrons. The van der Waals surface area contributed by atoms with E-state index in [1.54, 1.807) is 12.4 Å². The maximum Gasteiger partial charge on any atom is 0.241 e.